The molecule has 0 bridgehead atoms. The molecule has 16 heavy (non-hydrogen) atoms. The molecule has 0 rings (SSSR count). The summed E-state index contributed by atoms with van der Waals surface area (Å²) in [7, 11) is -2.39. The Morgan fingerprint density at radius 2 is 1.25 bits per heavy atom. The monoisotopic (exact) mass is 249 g/mol. The van der Waals surface area contributed by atoms with Crippen molar-refractivity contribution < 1.29 is 8.42 Å². The first-order valence-electron chi connectivity index (χ1n) is 6.32. The number of hydrogen-bond acceptors (Lipinski definition) is 2. The summed E-state index contributed by atoms with van der Waals surface area (Å²) in [4.78, 5) is 0. The third-order valence-electron chi connectivity index (χ3n) is 2.63. The molecule has 0 aromatic heterocycles. The largest absolute Gasteiger partial charge is 0.215 e. The molecule has 0 unspecified atom stereocenters. The zero-order chi connectivity index (χ0) is 12.6. The van der Waals surface area contributed by atoms with Crippen LogP contribution in [0.15, 0.2) is 0 Å². The van der Waals surface area contributed by atoms with Crippen LogP contribution in [0.5, 0.6) is 0 Å². The summed E-state index contributed by atoms with van der Waals surface area (Å²) in [6.45, 7) is 10.0. The minimum absolute atomic E-state index is 0.655. The van der Waals surface area contributed by atoms with E-state index in [9.17, 15) is 8.42 Å². The van der Waals surface area contributed by atoms with E-state index < -0.39 is 10.9 Å². The molecule has 0 aromatic rings. The third kappa shape index (κ3) is 9.16. The predicted octanol–water partition coefficient (Wildman–Crippen LogP) is 2.69. The highest BCUT2D eigenvalue weighted by molar-refractivity contribution is 7.69. The second-order valence-corrected chi connectivity index (χ2v) is 6.31. The molecule has 0 saturated heterocycles. The molecule has 98 valence electrons. The summed E-state index contributed by atoms with van der Waals surface area (Å²) < 4.78 is 23.6. The van der Waals surface area contributed by atoms with Crippen LogP contribution in [-0.4, -0.2) is 25.8 Å². The van der Waals surface area contributed by atoms with Crippen LogP contribution < -0.4 is 0 Å². The second kappa shape index (κ2) is 8.99. The van der Waals surface area contributed by atoms with Gasteiger partial charge in [-0.1, -0.05) is 27.7 Å². The van der Waals surface area contributed by atoms with Gasteiger partial charge in [-0.05, 0) is 37.5 Å². The van der Waals surface area contributed by atoms with E-state index in [1.165, 1.54) is 0 Å². The quantitative estimate of drug-likeness (QED) is 0.638. The van der Waals surface area contributed by atoms with E-state index in [0.717, 1.165) is 25.7 Å². The Kier molecular flexibility index (Phi) is 8.94. The van der Waals surface area contributed by atoms with E-state index in [1.807, 2.05) is 0 Å². The first-order valence-corrected chi connectivity index (χ1v) is 7.45. The van der Waals surface area contributed by atoms with Gasteiger partial charge in [0.15, 0.2) is 0 Å². The predicted molar refractivity (Wildman–Crippen MR) is 70.0 cm³/mol. The molecule has 0 spiro atoms. The van der Waals surface area contributed by atoms with E-state index >= 15 is 0 Å². The van der Waals surface area contributed by atoms with E-state index in [4.69, 9.17) is 0 Å². The van der Waals surface area contributed by atoms with Crippen molar-refractivity contribution in [3.05, 3.63) is 0 Å². The average Bonchev–Trinajstić information content (AvgIpc) is 2.14. The summed E-state index contributed by atoms with van der Waals surface area (Å²) >= 11 is 0. The zero-order valence-electron chi connectivity index (χ0n) is 11.1. The molecule has 4 heteroatoms. The first-order chi connectivity index (χ1) is 7.43. The fraction of sp³-hybridized carbons (Fsp3) is 1.00. The number of rotatable bonds is 9. The summed E-state index contributed by atoms with van der Waals surface area (Å²) in [6.07, 6.45) is 4.15. The van der Waals surface area contributed by atoms with Crippen LogP contribution >= 0.6 is 0 Å². The minimum Gasteiger partial charge on any atom is -0.215 e. The molecule has 0 aliphatic rings. The van der Waals surface area contributed by atoms with Crippen molar-refractivity contribution in [1.82, 2.24) is 4.31 Å². The highest BCUT2D eigenvalue weighted by atomic mass is 32.2. The number of hydrogen-bond donors (Lipinski definition) is 1. The molecule has 0 aromatic carbocycles. The minimum atomic E-state index is -2.39. The molecule has 0 N–H and O–H groups in total. The Bertz CT molecular complexity index is 215. The lowest BCUT2D eigenvalue weighted by atomic mass is 10.1. The van der Waals surface area contributed by atoms with E-state index in [1.54, 1.807) is 4.31 Å². The van der Waals surface area contributed by atoms with Gasteiger partial charge in [0.05, 0.1) is 0 Å². The maximum absolute atomic E-state index is 11.0. The van der Waals surface area contributed by atoms with Crippen LogP contribution in [0.25, 0.3) is 0 Å². The highest BCUT2D eigenvalue weighted by Gasteiger charge is 2.07. The fourth-order valence-electron chi connectivity index (χ4n) is 1.64. The van der Waals surface area contributed by atoms with Crippen molar-refractivity contribution in [3.8, 4) is 0 Å². The van der Waals surface area contributed by atoms with Gasteiger partial charge in [-0.2, -0.15) is 0 Å². The first kappa shape index (κ1) is 15.9. The SMILES string of the molecule is CC(C)CCCN(CCCC(C)C)[SH](=O)=O. The lowest BCUT2D eigenvalue weighted by molar-refractivity contribution is 0.378. The maximum atomic E-state index is 11.0. The summed E-state index contributed by atoms with van der Waals surface area (Å²) in [5.41, 5.74) is 0. The van der Waals surface area contributed by atoms with Crippen molar-refractivity contribution in [3.63, 3.8) is 0 Å². The van der Waals surface area contributed by atoms with Gasteiger partial charge in [0.1, 0.15) is 0 Å². The lowest BCUT2D eigenvalue weighted by Gasteiger charge is -2.16. The molecular formula is C12H27NO2S. The smallest absolute Gasteiger partial charge is 0.203 e. The second-order valence-electron chi connectivity index (χ2n) is 5.26. The summed E-state index contributed by atoms with van der Waals surface area (Å²) in [5.74, 6) is 1.31. The van der Waals surface area contributed by atoms with Gasteiger partial charge in [0.2, 0.25) is 10.9 Å². The van der Waals surface area contributed by atoms with Gasteiger partial charge in [-0.15, -0.1) is 0 Å². The molecule has 0 aliphatic carbocycles. The van der Waals surface area contributed by atoms with Gasteiger partial charge in [-0.25, -0.2) is 12.7 Å². The van der Waals surface area contributed by atoms with Crippen LogP contribution in [0.3, 0.4) is 0 Å². The standard InChI is InChI=1S/C12H27NO2S/c1-11(2)7-5-9-13(16(14)15)10-6-8-12(3)4/h11-12,16H,5-10H2,1-4H3. The molecule has 0 atom stereocenters. The Morgan fingerprint density at radius 1 is 0.875 bits per heavy atom. The molecule has 0 heterocycles. The van der Waals surface area contributed by atoms with Crippen LogP contribution in [0.2, 0.25) is 0 Å². The van der Waals surface area contributed by atoms with E-state index in [2.05, 4.69) is 27.7 Å². The van der Waals surface area contributed by atoms with Crippen molar-refractivity contribution in [2.24, 2.45) is 11.8 Å². The molecule has 0 saturated carbocycles. The van der Waals surface area contributed by atoms with Crippen LogP contribution in [0, 0.1) is 11.8 Å². The Morgan fingerprint density at radius 3 is 1.50 bits per heavy atom. The Hall–Kier alpha value is -0.0900. The van der Waals surface area contributed by atoms with Gasteiger partial charge < -0.3 is 0 Å². The van der Waals surface area contributed by atoms with Crippen LogP contribution in [0.4, 0.5) is 0 Å². The van der Waals surface area contributed by atoms with E-state index in [-0.39, 0.29) is 0 Å². The van der Waals surface area contributed by atoms with Gasteiger partial charge >= 0.3 is 0 Å². The molecule has 0 radical (unpaired) electrons. The highest BCUT2D eigenvalue weighted by Crippen LogP contribution is 2.08. The maximum Gasteiger partial charge on any atom is 0.203 e. The number of nitrogens with zero attached hydrogens (tertiary/aromatic N) is 1. The van der Waals surface area contributed by atoms with E-state index in [0.29, 0.717) is 24.9 Å². The van der Waals surface area contributed by atoms with Gasteiger partial charge in [-0.3, -0.25) is 0 Å². The topological polar surface area (TPSA) is 37.4 Å². The average molecular weight is 249 g/mol. The lowest BCUT2D eigenvalue weighted by Crippen LogP contribution is -2.24. The zero-order valence-corrected chi connectivity index (χ0v) is 12.0. The normalized spacial score (nSPS) is 12.2. The van der Waals surface area contributed by atoms with Crippen molar-refractivity contribution in [1.29, 1.82) is 0 Å². The molecule has 3 nitrogen and oxygen atoms in total. The molecule has 0 fully saturated rings. The van der Waals surface area contributed by atoms with Gasteiger partial charge in [0, 0.05) is 13.1 Å². The van der Waals surface area contributed by atoms with Crippen molar-refractivity contribution >= 4 is 10.9 Å². The third-order valence-corrected chi connectivity index (χ3v) is 3.49. The molecular weight excluding hydrogens is 222 g/mol. The summed E-state index contributed by atoms with van der Waals surface area (Å²) in [5, 5.41) is 0. The Labute approximate surface area is 102 Å². The molecule has 0 amide bonds. The summed E-state index contributed by atoms with van der Waals surface area (Å²) in [6, 6.07) is 0. The van der Waals surface area contributed by atoms with Crippen molar-refractivity contribution in [2.75, 3.05) is 13.1 Å². The van der Waals surface area contributed by atoms with Gasteiger partial charge in [0.25, 0.3) is 0 Å². The van der Waals surface area contributed by atoms with Crippen LogP contribution in [0.1, 0.15) is 53.4 Å². The fourth-order valence-corrected chi connectivity index (χ4v) is 2.25. The Balaban J connectivity index is 3.80. The number of thiol groups is 1. The van der Waals surface area contributed by atoms with Crippen LogP contribution in [-0.2, 0) is 10.9 Å². The van der Waals surface area contributed by atoms with Crippen molar-refractivity contribution in [2.45, 2.75) is 53.4 Å². The molecule has 0 aliphatic heterocycles.